The molecular weight excluding hydrogens is 260 g/mol. The number of rotatable bonds is 5. The smallest absolute Gasteiger partial charge is 0.317 e. The van der Waals surface area contributed by atoms with E-state index in [0.717, 1.165) is 16.2 Å². The summed E-state index contributed by atoms with van der Waals surface area (Å²) in [6, 6.07) is 11.6. The number of carbonyl (C=O) groups is 1. The number of methoxy groups -OCH3 is 1. The Morgan fingerprint density at radius 3 is 2.79 bits per heavy atom. The minimum atomic E-state index is -0.370. The molecule has 0 aliphatic heterocycles. The van der Waals surface area contributed by atoms with Crippen LogP contribution in [0.2, 0.25) is 0 Å². The van der Waals surface area contributed by atoms with Gasteiger partial charge in [-0.25, -0.2) is 0 Å². The normalized spacial score (nSPS) is 11.9. The molecule has 1 aromatic carbocycles. The Morgan fingerprint density at radius 1 is 1.32 bits per heavy atom. The van der Waals surface area contributed by atoms with E-state index < -0.39 is 0 Å². The molecule has 4 heteroatoms. The fourth-order valence-corrected chi connectivity index (χ4v) is 2.58. The predicted molar refractivity (Wildman–Crippen MR) is 75.8 cm³/mol. The molecule has 2 rings (SSSR count). The molecule has 0 radical (unpaired) electrons. The minimum Gasteiger partial charge on any atom is -0.492 e. The summed E-state index contributed by atoms with van der Waals surface area (Å²) in [7, 11) is 1.40. The highest BCUT2D eigenvalue weighted by Gasteiger charge is 2.23. The molecule has 1 heterocycles. The summed E-state index contributed by atoms with van der Waals surface area (Å²) in [6.07, 6.45) is 0. The molecule has 0 aliphatic carbocycles. The van der Waals surface area contributed by atoms with Crippen LogP contribution in [0, 0.1) is 6.92 Å². The van der Waals surface area contributed by atoms with E-state index in [2.05, 4.69) is 0 Å². The maximum absolute atomic E-state index is 11.8. The van der Waals surface area contributed by atoms with Crippen LogP contribution in [0.4, 0.5) is 0 Å². The summed E-state index contributed by atoms with van der Waals surface area (Å²) in [6.45, 7) is 2.29. The number of hydrogen-bond acceptors (Lipinski definition) is 4. The quantitative estimate of drug-likeness (QED) is 0.785. The Bertz CT molecular complexity index is 534. The molecule has 2 aromatic rings. The van der Waals surface area contributed by atoms with Crippen LogP contribution in [0.15, 0.2) is 41.8 Å². The van der Waals surface area contributed by atoms with Gasteiger partial charge in [-0.3, -0.25) is 4.79 Å². The van der Waals surface area contributed by atoms with Crippen molar-refractivity contribution in [3.05, 3.63) is 52.2 Å². The van der Waals surface area contributed by atoms with Crippen molar-refractivity contribution in [1.29, 1.82) is 0 Å². The molecule has 0 amide bonds. The molecule has 19 heavy (non-hydrogen) atoms. The molecule has 1 atom stereocenters. The van der Waals surface area contributed by atoms with E-state index in [1.165, 1.54) is 18.4 Å². The van der Waals surface area contributed by atoms with Crippen molar-refractivity contribution in [1.82, 2.24) is 0 Å². The van der Waals surface area contributed by atoms with Gasteiger partial charge in [0, 0.05) is 4.88 Å². The SMILES string of the molecule is COC(=O)C(COc1cccc(C)c1)c1cccs1. The largest absolute Gasteiger partial charge is 0.492 e. The first kappa shape index (κ1) is 13.6. The second-order valence-corrected chi connectivity index (χ2v) is 5.20. The van der Waals surface area contributed by atoms with Crippen LogP contribution in [0.25, 0.3) is 0 Å². The summed E-state index contributed by atoms with van der Waals surface area (Å²) in [4.78, 5) is 12.8. The predicted octanol–water partition coefficient (Wildman–Crippen LogP) is 3.39. The lowest BCUT2D eigenvalue weighted by Gasteiger charge is -2.14. The molecule has 3 nitrogen and oxygen atoms in total. The number of ether oxygens (including phenoxy) is 2. The minimum absolute atomic E-state index is 0.268. The fraction of sp³-hybridized carbons (Fsp3) is 0.267. The van der Waals surface area contributed by atoms with Crippen LogP contribution in [-0.4, -0.2) is 19.7 Å². The Balaban J connectivity index is 2.07. The first-order chi connectivity index (χ1) is 9.20. The molecule has 0 fully saturated rings. The topological polar surface area (TPSA) is 35.5 Å². The summed E-state index contributed by atoms with van der Waals surface area (Å²) in [5, 5.41) is 1.94. The lowest BCUT2D eigenvalue weighted by Crippen LogP contribution is -2.20. The molecule has 0 saturated carbocycles. The van der Waals surface area contributed by atoms with E-state index in [-0.39, 0.29) is 18.5 Å². The van der Waals surface area contributed by atoms with Gasteiger partial charge in [0.05, 0.1) is 7.11 Å². The van der Waals surface area contributed by atoms with E-state index >= 15 is 0 Å². The van der Waals surface area contributed by atoms with Gasteiger partial charge in [0.25, 0.3) is 0 Å². The van der Waals surface area contributed by atoms with E-state index in [1.54, 1.807) is 0 Å². The highest BCUT2D eigenvalue weighted by Crippen LogP contribution is 2.24. The zero-order valence-electron chi connectivity index (χ0n) is 11.0. The van der Waals surface area contributed by atoms with Crippen molar-refractivity contribution < 1.29 is 14.3 Å². The van der Waals surface area contributed by atoms with Crippen LogP contribution in [-0.2, 0) is 9.53 Å². The fourth-order valence-electron chi connectivity index (χ4n) is 1.78. The number of aryl methyl sites for hydroxylation is 1. The number of carbonyl (C=O) groups excluding carboxylic acids is 1. The molecule has 0 saturated heterocycles. The van der Waals surface area contributed by atoms with Crippen molar-refractivity contribution in [3.63, 3.8) is 0 Å². The maximum atomic E-state index is 11.8. The molecule has 0 N–H and O–H groups in total. The van der Waals surface area contributed by atoms with Gasteiger partial charge in [0.2, 0.25) is 0 Å². The summed E-state index contributed by atoms with van der Waals surface area (Å²) >= 11 is 1.53. The van der Waals surface area contributed by atoms with Crippen molar-refractivity contribution in [3.8, 4) is 5.75 Å². The van der Waals surface area contributed by atoms with Gasteiger partial charge >= 0.3 is 5.97 Å². The third kappa shape index (κ3) is 3.58. The Kier molecular flexibility index (Phi) is 4.58. The van der Waals surface area contributed by atoms with Crippen molar-refractivity contribution in [2.45, 2.75) is 12.8 Å². The molecule has 1 aromatic heterocycles. The van der Waals surface area contributed by atoms with E-state index in [1.807, 2.05) is 48.7 Å². The number of thiophene rings is 1. The molecule has 100 valence electrons. The highest BCUT2D eigenvalue weighted by molar-refractivity contribution is 7.10. The van der Waals surface area contributed by atoms with Gasteiger partial charge in [0.15, 0.2) is 0 Å². The zero-order chi connectivity index (χ0) is 13.7. The number of benzene rings is 1. The summed E-state index contributed by atoms with van der Waals surface area (Å²) in [5.41, 5.74) is 1.13. The summed E-state index contributed by atoms with van der Waals surface area (Å²) < 4.78 is 10.5. The van der Waals surface area contributed by atoms with Gasteiger partial charge < -0.3 is 9.47 Å². The van der Waals surface area contributed by atoms with Crippen LogP contribution in [0.5, 0.6) is 5.75 Å². The average molecular weight is 276 g/mol. The highest BCUT2D eigenvalue weighted by atomic mass is 32.1. The first-order valence-electron chi connectivity index (χ1n) is 6.01. The van der Waals surface area contributed by atoms with E-state index in [0.29, 0.717) is 0 Å². The van der Waals surface area contributed by atoms with Crippen LogP contribution in [0.1, 0.15) is 16.4 Å². The molecule has 0 bridgehead atoms. The third-order valence-corrected chi connectivity index (χ3v) is 3.76. The van der Waals surface area contributed by atoms with E-state index in [4.69, 9.17) is 9.47 Å². The lowest BCUT2D eigenvalue weighted by molar-refractivity contribution is -0.143. The average Bonchev–Trinajstić information content (AvgIpc) is 2.92. The second-order valence-electron chi connectivity index (χ2n) is 4.22. The van der Waals surface area contributed by atoms with E-state index in [9.17, 15) is 4.79 Å². The summed E-state index contributed by atoms with van der Waals surface area (Å²) in [5.74, 6) is 0.131. The molecule has 0 spiro atoms. The van der Waals surface area contributed by atoms with Crippen molar-refractivity contribution >= 4 is 17.3 Å². The van der Waals surface area contributed by atoms with Gasteiger partial charge in [-0.1, -0.05) is 18.2 Å². The Hall–Kier alpha value is -1.81. The van der Waals surface area contributed by atoms with Gasteiger partial charge in [-0.2, -0.15) is 0 Å². The number of esters is 1. The van der Waals surface area contributed by atoms with Crippen molar-refractivity contribution in [2.24, 2.45) is 0 Å². The molecular formula is C15H16O3S. The van der Waals surface area contributed by atoms with Crippen LogP contribution < -0.4 is 4.74 Å². The standard InChI is InChI=1S/C15H16O3S/c1-11-5-3-6-12(9-11)18-10-13(15(16)17-2)14-7-4-8-19-14/h3-9,13H,10H2,1-2H3. The van der Waals surface area contributed by atoms with Gasteiger partial charge in [0.1, 0.15) is 18.3 Å². The van der Waals surface area contributed by atoms with Crippen LogP contribution in [0.3, 0.4) is 0 Å². The number of hydrogen-bond donors (Lipinski definition) is 0. The van der Waals surface area contributed by atoms with Crippen molar-refractivity contribution in [2.75, 3.05) is 13.7 Å². The van der Waals surface area contributed by atoms with Gasteiger partial charge in [-0.05, 0) is 36.1 Å². The Morgan fingerprint density at radius 2 is 2.16 bits per heavy atom. The second kappa shape index (κ2) is 6.38. The maximum Gasteiger partial charge on any atom is 0.317 e. The Labute approximate surface area is 116 Å². The molecule has 0 aliphatic rings. The van der Waals surface area contributed by atoms with Crippen LogP contribution >= 0.6 is 11.3 Å². The lowest BCUT2D eigenvalue weighted by atomic mass is 10.1. The third-order valence-electron chi connectivity index (χ3n) is 2.78. The molecule has 1 unspecified atom stereocenters. The zero-order valence-corrected chi connectivity index (χ0v) is 11.8. The monoisotopic (exact) mass is 276 g/mol. The van der Waals surface area contributed by atoms with Gasteiger partial charge in [-0.15, -0.1) is 11.3 Å². The first-order valence-corrected chi connectivity index (χ1v) is 6.89.